The van der Waals surface area contributed by atoms with Gasteiger partial charge in [0.15, 0.2) is 5.78 Å². The van der Waals surface area contributed by atoms with Crippen LogP contribution in [0.2, 0.25) is 10.0 Å². The molecule has 1 nitrogen and oxygen atoms in total. The predicted molar refractivity (Wildman–Crippen MR) is 84.0 cm³/mol. The lowest BCUT2D eigenvalue weighted by molar-refractivity contribution is 0.104. The molecule has 19 heavy (non-hydrogen) atoms. The molecule has 0 aliphatic carbocycles. The highest BCUT2D eigenvalue weighted by Crippen LogP contribution is 2.26. The molecule has 0 aliphatic heterocycles. The van der Waals surface area contributed by atoms with E-state index in [1.165, 1.54) is 6.08 Å². The Morgan fingerprint density at radius 1 is 1.05 bits per heavy atom. The number of carbonyl (C=O) groups is 1. The summed E-state index contributed by atoms with van der Waals surface area (Å²) in [4.78, 5) is 11.9. The van der Waals surface area contributed by atoms with Crippen LogP contribution in [-0.2, 0) is 0 Å². The lowest BCUT2D eigenvalue weighted by Crippen LogP contribution is -1.93. The van der Waals surface area contributed by atoms with Gasteiger partial charge in [0.2, 0.25) is 0 Å². The maximum atomic E-state index is 11.9. The van der Waals surface area contributed by atoms with E-state index in [0.29, 0.717) is 15.6 Å². The second-order valence-electron chi connectivity index (χ2n) is 3.85. The van der Waals surface area contributed by atoms with Crippen LogP contribution in [0.25, 0.3) is 6.08 Å². The fourth-order valence-corrected chi connectivity index (χ4v) is 2.16. The van der Waals surface area contributed by atoms with E-state index < -0.39 is 0 Å². The standard InChI is InChI=1S/C15H9BrCl2O/c16-12-7-4-10(5-8-12)14(19)9-6-11-2-1-3-13(17)15(11)18/h1-9H/b9-6+. The fraction of sp³-hybridized carbons (Fsp3) is 0. The van der Waals surface area contributed by atoms with Gasteiger partial charge in [0, 0.05) is 10.0 Å². The minimum Gasteiger partial charge on any atom is -0.289 e. The zero-order chi connectivity index (χ0) is 13.8. The van der Waals surface area contributed by atoms with E-state index >= 15 is 0 Å². The Morgan fingerprint density at radius 2 is 1.74 bits per heavy atom. The summed E-state index contributed by atoms with van der Waals surface area (Å²) in [5, 5.41) is 0.920. The summed E-state index contributed by atoms with van der Waals surface area (Å²) >= 11 is 15.3. The third-order valence-corrected chi connectivity index (χ3v) is 3.89. The molecule has 0 N–H and O–H groups in total. The predicted octanol–water partition coefficient (Wildman–Crippen LogP) is 5.65. The Hall–Kier alpha value is -1.09. The average molecular weight is 356 g/mol. The van der Waals surface area contributed by atoms with Gasteiger partial charge in [-0.3, -0.25) is 4.79 Å². The van der Waals surface area contributed by atoms with Gasteiger partial charge < -0.3 is 0 Å². The molecule has 0 spiro atoms. The first kappa shape index (κ1) is 14.3. The van der Waals surface area contributed by atoms with E-state index in [4.69, 9.17) is 23.2 Å². The van der Waals surface area contributed by atoms with Crippen LogP contribution < -0.4 is 0 Å². The van der Waals surface area contributed by atoms with Crippen molar-refractivity contribution in [3.63, 3.8) is 0 Å². The van der Waals surface area contributed by atoms with Crippen molar-refractivity contribution in [1.82, 2.24) is 0 Å². The molecular formula is C15H9BrCl2O. The smallest absolute Gasteiger partial charge is 0.185 e. The van der Waals surface area contributed by atoms with Gasteiger partial charge in [-0.25, -0.2) is 0 Å². The van der Waals surface area contributed by atoms with Gasteiger partial charge in [-0.05, 0) is 48.0 Å². The monoisotopic (exact) mass is 354 g/mol. The number of hydrogen-bond acceptors (Lipinski definition) is 1. The van der Waals surface area contributed by atoms with Crippen LogP contribution in [0.4, 0.5) is 0 Å². The molecule has 0 fully saturated rings. The Labute approximate surface area is 130 Å². The summed E-state index contributed by atoms with van der Waals surface area (Å²) in [7, 11) is 0. The van der Waals surface area contributed by atoms with Gasteiger partial charge >= 0.3 is 0 Å². The summed E-state index contributed by atoms with van der Waals surface area (Å²) in [5.74, 6) is -0.0801. The molecule has 0 saturated heterocycles. The van der Waals surface area contributed by atoms with Gasteiger partial charge in [0.05, 0.1) is 10.0 Å². The molecule has 0 bridgehead atoms. The van der Waals surface area contributed by atoms with E-state index in [-0.39, 0.29) is 5.78 Å². The molecule has 0 radical (unpaired) electrons. The molecule has 0 aliphatic rings. The van der Waals surface area contributed by atoms with Crippen LogP contribution in [0.5, 0.6) is 0 Å². The number of ketones is 1. The maximum absolute atomic E-state index is 11.9. The van der Waals surface area contributed by atoms with Crippen LogP contribution in [0.1, 0.15) is 15.9 Å². The van der Waals surface area contributed by atoms with Crippen LogP contribution in [-0.4, -0.2) is 5.78 Å². The molecule has 0 aromatic heterocycles. The molecule has 2 rings (SSSR count). The number of benzene rings is 2. The van der Waals surface area contributed by atoms with Crippen molar-refractivity contribution in [1.29, 1.82) is 0 Å². The number of carbonyl (C=O) groups excluding carboxylic acids is 1. The van der Waals surface area contributed by atoms with E-state index in [0.717, 1.165) is 10.0 Å². The molecule has 4 heteroatoms. The van der Waals surface area contributed by atoms with Gasteiger partial charge in [-0.2, -0.15) is 0 Å². The number of rotatable bonds is 3. The molecule has 2 aromatic rings. The molecule has 0 atom stereocenters. The summed E-state index contributed by atoms with van der Waals surface area (Å²) in [6.07, 6.45) is 3.15. The van der Waals surface area contributed by atoms with Crippen molar-refractivity contribution in [3.05, 3.63) is 74.2 Å². The van der Waals surface area contributed by atoms with Crippen molar-refractivity contribution < 1.29 is 4.79 Å². The summed E-state index contributed by atoms with van der Waals surface area (Å²) in [6.45, 7) is 0. The lowest BCUT2D eigenvalue weighted by atomic mass is 10.1. The van der Waals surface area contributed by atoms with E-state index in [1.54, 1.807) is 36.4 Å². The first-order valence-corrected chi connectivity index (χ1v) is 7.05. The van der Waals surface area contributed by atoms with Crippen molar-refractivity contribution in [2.24, 2.45) is 0 Å². The molecule has 0 saturated carbocycles. The summed E-state index contributed by atoms with van der Waals surface area (Å²) in [6, 6.07) is 12.5. The molecular weight excluding hydrogens is 347 g/mol. The fourth-order valence-electron chi connectivity index (χ4n) is 1.53. The van der Waals surface area contributed by atoms with Crippen molar-refractivity contribution in [3.8, 4) is 0 Å². The summed E-state index contributed by atoms with van der Waals surface area (Å²) in [5.41, 5.74) is 1.34. The van der Waals surface area contributed by atoms with Crippen LogP contribution in [0.3, 0.4) is 0 Å². The topological polar surface area (TPSA) is 17.1 Å². The Balaban J connectivity index is 2.21. The quantitative estimate of drug-likeness (QED) is 0.513. The van der Waals surface area contributed by atoms with Gasteiger partial charge in [-0.15, -0.1) is 0 Å². The number of hydrogen-bond donors (Lipinski definition) is 0. The van der Waals surface area contributed by atoms with E-state index in [2.05, 4.69) is 15.9 Å². The first-order chi connectivity index (χ1) is 9.08. The normalized spacial score (nSPS) is 10.9. The number of halogens is 3. The second-order valence-corrected chi connectivity index (χ2v) is 5.55. The minimum absolute atomic E-state index is 0.0801. The van der Waals surface area contributed by atoms with Crippen LogP contribution in [0, 0.1) is 0 Å². The second kappa shape index (κ2) is 6.38. The SMILES string of the molecule is O=C(/C=C/c1cccc(Cl)c1Cl)c1ccc(Br)cc1. The third-order valence-electron chi connectivity index (χ3n) is 2.52. The molecule has 2 aromatic carbocycles. The van der Waals surface area contributed by atoms with Crippen molar-refractivity contribution in [2.45, 2.75) is 0 Å². The Morgan fingerprint density at radius 3 is 2.42 bits per heavy atom. The molecule has 0 amide bonds. The average Bonchev–Trinajstić information content (AvgIpc) is 2.41. The zero-order valence-corrected chi connectivity index (χ0v) is 12.8. The van der Waals surface area contributed by atoms with Crippen molar-refractivity contribution >= 4 is 51.0 Å². The molecule has 96 valence electrons. The highest BCUT2D eigenvalue weighted by molar-refractivity contribution is 9.10. The van der Waals surface area contributed by atoms with Gasteiger partial charge in [-0.1, -0.05) is 51.3 Å². The van der Waals surface area contributed by atoms with E-state index in [1.807, 2.05) is 12.1 Å². The largest absolute Gasteiger partial charge is 0.289 e. The maximum Gasteiger partial charge on any atom is 0.185 e. The molecule has 0 unspecified atom stereocenters. The van der Waals surface area contributed by atoms with Crippen LogP contribution in [0.15, 0.2) is 53.0 Å². The highest BCUT2D eigenvalue weighted by Gasteiger charge is 2.04. The number of allylic oxidation sites excluding steroid dienone is 1. The van der Waals surface area contributed by atoms with Gasteiger partial charge in [0.25, 0.3) is 0 Å². The Bertz CT molecular complexity index is 633. The highest BCUT2D eigenvalue weighted by atomic mass is 79.9. The summed E-state index contributed by atoms with van der Waals surface area (Å²) < 4.78 is 0.936. The van der Waals surface area contributed by atoms with Crippen molar-refractivity contribution in [2.75, 3.05) is 0 Å². The van der Waals surface area contributed by atoms with Crippen LogP contribution >= 0.6 is 39.1 Å². The Kier molecular flexibility index (Phi) is 4.81. The molecule has 0 heterocycles. The van der Waals surface area contributed by atoms with Gasteiger partial charge in [0.1, 0.15) is 0 Å². The third kappa shape index (κ3) is 3.69. The minimum atomic E-state index is -0.0801. The first-order valence-electron chi connectivity index (χ1n) is 5.50. The zero-order valence-electron chi connectivity index (χ0n) is 9.74. The lowest BCUT2D eigenvalue weighted by Gasteiger charge is -2.00. The van der Waals surface area contributed by atoms with E-state index in [9.17, 15) is 4.79 Å².